The highest BCUT2D eigenvalue weighted by Gasteiger charge is 2.35. The summed E-state index contributed by atoms with van der Waals surface area (Å²) in [5.41, 5.74) is 0. The van der Waals surface area contributed by atoms with Crippen molar-refractivity contribution in [3.8, 4) is 11.5 Å². The van der Waals surface area contributed by atoms with Crippen LogP contribution in [0.25, 0.3) is 0 Å². The highest BCUT2D eigenvalue weighted by Crippen LogP contribution is 2.38. The van der Waals surface area contributed by atoms with Crippen molar-refractivity contribution < 1.29 is 22.7 Å². The summed E-state index contributed by atoms with van der Waals surface area (Å²) in [6.07, 6.45) is 0.570. The molecule has 0 radical (unpaired) electrons. The van der Waals surface area contributed by atoms with Crippen LogP contribution in [-0.2, 0) is 14.8 Å². The van der Waals surface area contributed by atoms with Crippen molar-refractivity contribution in [1.29, 1.82) is 0 Å². The molecule has 1 amide bonds. The topological polar surface area (TPSA) is 84.9 Å². The second-order valence-electron chi connectivity index (χ2n) is 5.48. The summed E-state index contributed by atoms with van der Waals surface area (Å²) >= 11 is 6.13. The Hall–Kier alpha value is -1.51. The molecule has 1 unspecified atom stereocenters. The van der Waals surface area contributed by atoms with Gasteiger partial charge in [-0.05, 0) is 6.42 Å². The lowest BCUT2D eigenvalue weighted by Crippen LogP contribution is -2.37. The lowest BCUT2D eigenvalue weighted by atomic mass is 10.3. The number of ether oxygens (including phenoxy) is 2. The van der Waals surface area contributed by atoms with E-state index in [-0.39, 0.29) is 28.4 Å². The van der Waals surface area contributed by atoms with Crippen LogP contribution in [-0.4, -0.2) is 51.0 Å². The molecule has 1 N–H and O–H groups in total. The van der Waals surface area contributed by atoms with Gasteiger partial charge in [-0.3, -0.25) is 4.79 Å². The predicted molar refractivity (Wildman–Crippen MR) is 83.4 cm³/mol. The van der Waals surface area contributed by atoms with E-state index in [1.165, 1.54) is 23.4 Å². The minimum Gasteiger partial charge on any atom is -0.486 e. The van der Waals surface area contributed by atoms with Crippen molar-refractivity contribution >= 4 is 27.5 Å². The Bertz CT molecular complexity index is 737. The van der Waals surface area contributed by atoms with Crippen molar-refractivity contribution in [2.45, 2.75) is 24.3 Å². The molecule has 0 spiro atoms. The Morgan fingerprint density at radius 3 is 2.61 bits per heavy atom. The number of amides is 1. The molecule has 1 fully saturated rings. The first-order chi connectivity index (χ1) is 10.9. The fourth-order valence-corrected chi connectivity index (χ4v) is 4.74. The molecule has 2 heterocycles. The summed E-state index contributed by atoms with van der Waals surface area (Å²) in [6, 6.07) is 2.68. The van der Waals surface area contributed by atoms with Gasteiger partial charge in [-0.2, -0.15) is 4.31 Å². The maximum Gasteiger partial charge on any atom is 0.244 e. The van der Waals surface area contributed by atoms with Gasteiger partial charge in [-0.1, -0.05) is 11.6 Å². The Balaban J connectivity index is 1.87. The number of nitrogens with zero attached hydrogens (tertiary/aromatic N) is 1. The fraction of sp³-hybridized carbons (Fsp3) is 0.500. The molecule has 9 heteroatoms. The minimum atomic E-state index is -3.76. The monoisotopic (exact) mass is 360 g/mol. The largest absolute Gasteiger partial charge is 0.486 e. The first-order valence-corrected chi connectivity index (χ1v) is 9.06. The molecule has 0 aromatic heterocycles. The van der Waals surface area contributed by atoms with Crippen LogP contribution >= 0.6 is 11.6 Å². The average molecular weight is 361 g/mol. The maximum absolute atomic E-state index is 12.8. The van der Waals surface area contributed by atoms with E-state index in [1.54, 1.807) is 0 Å². The van der Waals surface area contributed by atoms with Gasteiger partial charge in [0.25, 0.3) is 0 Å². The number of halogens is 1. The van der Waals surface area contributed by atoms with Gasteiger partial charge in [0.1, 0.15) is 18.1 Å². The van der Waals surface area contributed by atoms with Crippen molar-refractivity contribution in [3.63, 3.8) is 0 Å². The molecule has 7 nitrogen and oxygen atoms in total. The lowest BCUT2D eigenvalue weighted by molar-refractivity contribution is -0.119. The SMILES string of the molecule is CC(=O)NC1CCN(S(=O)(=O)c2cc3c(cc2Cl)OCCO3)C1. The molecular weight excluding hydrogens is 344 g/mol. The molecule has 2 aliphatic rings. The van der Waals surface area contributed by atoms with Crippen molar-refractivity contribution in [2.75, 3.05) is 26.3 Å². The Morgan fingerprint density at radius 2 is 1.96 bits per heavy atom. The van der Waals surface area contributed by atoms with E-state index in [0.717, 1.165) is 0 Å². The molecule has 3 rings (SSSR count). The van der Waals surface area contributed by atoms with Gasteiger partial charge in [0.15, 0.2) is 11.5 Å². The summed E-state index contributed by atoms with van der Waals surface area (Å²) < 4.78 is 37.8. The summed E-state index contributed by atoms with van der Waals surface area (Å²) in [5, 5.41) is 2.83. The van der Waals surface area contributed by atoms with Crippen molar-refractivity contribution in [2.24, 2.45) is 0 Å². The van der Waals surface area contributed by atoms with Crippen LogP contribution < -0.4 is 14.8 Å². The van der Waals surface area contributed by atoms with Crippen LogP contribution in [0.1, 0.15) is 13.3 Å². The molecule has 23 heavy (non-hydrogen) atoms. The number of benzene rings is 1. The van der Waals surface area contributed by atoms with Gasteiger partial charge < -0.3 is 14.8 Å². The van der Waals surface area contributed by atoms with Gasteiger partial charge in [0.2, 0.25) is 15.9 Å². The molecule has 1 saturated heterocycles. The standard InChI is InChI=1S/C14H17ClN2O5S/c1-9(18)16-10-2-3-17(8-10)23(19,20)14-7-13-12(6-11(14)15)21-4-5-22-13/h6-7,10H,2-5,8H2,1H3,(H,16,18). The van der Waals surface area contributed by atoms with Gasteiger partial charge in [0.05, 0.1) is 5.02 Å². The third-order valence-corrected chi connectivity index (χ3v) is 6.10. The minimum absolute atomic E-state index is 0.00751. The number of carbonyl (C=O) groups is 1. The summed E-state index contributed by atoms with van der Waals surface area (Å²) in [7, 11) is -3.76. The highest BCUT2D eigenvalue weighted by atomic mass is 35.5. The number of nitrogens with one attached hydrogen (secondary N) is 1. The van der Waals surface area contributed by atoms with Crippen LogP contribution in [0.2, 0.25) is 5.02 Å². The van der Waals surface area contributed by atoms with E-state index in [9.17, 15) is 13.2 Å². The second-order valence-corrected chi connectivity index (χ2v) is 7.79. The summed E-state index contributed by atoms with van der Waals surface area (Å²) in [5.74, 6) is 0.640. The number of sulfonamides is 1. The average Bonchev–Trinajstić information content (AvgIpc) is 2.94. The number of fused-ring (bicyclic) bond motifs is 1. The fourth-order valence-electron chi connectivity index (χ4n) is 2.73. The highest BCUT2D eigenvalue weighted by molar-refractivity contribution is 7.89. The first-order valence-electron chi connectivity index (χ1n) is 7.24. The van der Waals surface area contributed by atoms with Crippen molar-refractivity contribution in [1.82, 2.24) is 9.62 Å². The molecule has 1 aromatic rings. The molecule has 126 valence electrons. The number of carbonyl (C=O) groups excluding carboxylic acids is 1. The third kappa shape index (κ3) is 3.24. The Morgan fingerprint density at radius 1 is 1.30 bits per heavy atom. The predicted octanol–water partition coefficient (Wildman–Crippen LogP) is 1.01. The van der Waals surface area contributed by atoms with E-state index >= 15 is 0 Å². The van der Waals surface area contributed by atoms with E-state index in [1.807, 2.05) is 0 Å². The number of rotatable bonds is 3. The van der Waals surface area contributed by atoms with Gasteiger partial charge in [-0.15, -0.1) is 0 Å². The second kappa shape index (κ2) is 6.18. The van der Waals surface area contributed by atoms with Gasteiger partial charge in [-0.25, -0.2) is 8.42 Å². The van der Waals surface area contributed by atoms with Crippen LogP contribution in [0.5, 0.6) is 11.5 Å². The van der Waals surface area contributed by atoms with Crippen LogP contribution in [0.3, 0.4) is 0 Å². The van der Waals surface area contributed by atoms with E-state index in [0.29, 0.717) is 37.7 Å². The normalized spacial score (nSPS) is 21.2. The quantitative estimate of drug-likeness (QED) is 0.869. The summed E-state index contributed by atoms with van der Waals surface area (Å²) in [4.78, 5) is 11.1. The molecule has 1 atom stereocenters. The zero-order chi connectivity index (χ0) is 16.6. The molecule has 2 aliphatic heterocycles. The van der Waals surface area contributed by atoms with Crippen LogP contribution in [0, 0.1) is 0 Å². The Kier molecular flexibility index (Phi) is 4.39. The maximum atomic E-state index is 12.8. The van der Waals surface area contributed by atoms with E-state index in [2.05, 4.69) is 5.32 Å². The molecule has 0 bridgehead atoms. The first kappa shape index (κ1) is 16.4. The van der Waals surface area contributed by atoms with Gasteiger partial charge in [0, 0.05) is 38.2 Å². The molecule has 0 saturated carbocycles. The van der Waals surface area contributed by atoms with E-state index in [4.69, 9.17) is 21.1 Å². The third-order valence-electron chi connectivity index (χ3n) is 3.77. The zero-order valence-electron chi connectivity index (χ0n) is 12.5. The zero-order valence-corrected chi connectivity index (χ0v) is 14.1. The molecule has 1 aromatic carbocycles. The lowest BCUT2D eigenvalue weighted by Gasteiger charge is -2.22. The number of hydrogen-bond donors (Lipinski definition) is 1. The van der Waals surface area contributed by atoms with E-state index < -0.39 is 10.0 Å². The summed E-state index contributed by atoms with van der Waals surface area (Å²) in [6.45, 7) is 2.74. The number of hydrogen-bond acceptors (Lipinski definition) is 5. The van der Waals surface area contributed by atoms with Crippen LogP contribution in [0.15, 0.2) is 17.0 Å². The van der Waals surface area contributed by atoms with Gasteiger partial charge >= 0.3 is 0 Å². The van der Waals surface area contributed by atoms with Crippen molar-refractivity contribution in [3.05, 3.63) is 17.2 Å². The Labute approximate surface area is 139 Å². The smallest absolute Gasteiger partial charge is 0.244 e. The van der Waals surface area contributed by atoms with Crippen LogP contribution in [0.4, 0.5) is 0 Å². The molecule has 0 aliphatic carbocycles. The molecular formula is C14H17ClN2O5S.